The van der Waals surface area contributed by atoms with E-state index in [0.29, 0.717) is 0 Å². The molecule has 2 rings (SSSR count). The van der Waals surface area contributed by atoms with Crippen molar-refractivity contribution in [2.45, 2.75) is 18.1 Å². The van der Waals surface area contributed by atoms with E-state index in [1.54, 1.807) is 0 Å². The zero-order valence-electron chi connectivity index (χ0n) is 10.3. The van der Waals surface area contributed by atoms with Gasteiger partial charge in [0.15, 0.2) is 5.60 Å². The number of methoxy groups -OCH3 is 1. The maximum atomic E-state index is 11.3. The van der Waals surface area contributed by atoms with Gasteiger partial charge in [0.25, 0.3) is 0 Å². The minimum atomic E-state index is -1.36. The normalized spacial score (nSPS) is 27.9. The van der Waals surface area contributed by atoms with Crippen molar-refractivity contribution in [2.24, 2.45) is 0 Å². The summed E-state index contributed by atoms with van der Waals surface area (Å²) in [5.74, 6) is 0. The van der Waals surface area contributed by atoms with Crippen molar-refractivity contribution in [1.82, 2.24) is 0 Å². The molecule has 106 valence electrons. The van der Waals surface area contributed by atoms with Gasteiger partial charge in [0, 0.05) is 0 Å². The lowest BCUT2D eigenvalue weighted by Gasteiger charge is -2.38. The summed E-state index contributed by atoms with van der Waals surface area (Å²) in [5.41, 5.74) is -2.70. The molecule has 1 unspecified atom stereocenters. The van der Waals surface area contributed by atoms with Gasteiger partial charge in [-0.25, -0.2) is 14.4 Å². The van der Waals surface area contributed by atoms with E-state index in [4.69, 9.17) is 23.7 Å². The van der Waals surface area contributed by atoms with Gasteiger partial charge >= 0.3 is 18.5 Å². The second kappa shape index (κ2) is 4.48. The van der Waals surface area contributed by atoms with Crippen LogP contribution in [0.15, 0.2) is 0 Å². The molecule has 1 atom stereocenters. The quantitative estimate of drug-likeness (QED) is 0.529. The third kappa shape index (κ3) is 2.23. The molecule has 0 N–H and O–H groups in total. The van der Waals surface area contributed by atoms with Gasteiger partial charge in [-0.1, -0.05) is 0 Å². The van der Waals surface area contributed by atoms with E-state index in [0.717, 1.165) is 7.11 Å². The molecule has 0 aromatic heterocycles. The molecule has 9 nitrogen and oxygen atoms in total. The second-order valence-electron chi connectivity index (χ2n) is 4.25. The molecule has 0 bridgehead atoms. The van der Waals surface area contributed by atoms with Crippen LogP contribution in [-0.2, 0) is 28.4 Å². The Hall–Kier alpha value is -2.19. The van der Waals surface area contributed by atoms with E-state index in [1.807, 2.05) is 0 Å². The van der Waals surface area contributed by atoms with Gasteiger partial charge < -0.3 is 28.4 Å². The number of hydrogen-bond donors (Lipinski definition) is 0. The number of carbonyl (C=O) groups is 3. The predicted octanol–water partition coefficient (Wildman–Crippen LogP) is 0.601. The molecule has 2 saturated heterocycles. The molecule has 0 radical (unpaired) electrons. The van der Waals surface area contributed by atoms with E-state index in [1.165, 1.54) is 6.92 Å². The lowest BCUT2D eigenvalue weighted by molar-refractivity contribution is -0.160. The lowest BCUT2D eigenvalue weighted by atomic mass is 9.86. The highest BCUT2D eigenvalue weighted by Gasteiger charge is 2.64. The van der Waals surface area contributed by atoms with Crippen molar-refractivity contribution in [3.63, 3.8) is 0 Å². The molecule has 1 spiro atoms. The molecular weight excluding hydrogens is 264 g/mol. The SMILES string of the molecule is COC(=O)OCC1(C)OC(=O)OC12COC(=O)OC2. The van der Waals surface area contributed by atoms with E-state index in [2.05, 4.69) is 4.74 Å². The maximum absolute atomic E-state index is 11.3. The minimum Gasteiger partial charge on any atom is -0.438 e. The van der Waals surface area contributed by atoms with Crippen LogP contribution in [0.5, 0.6) is 0 Å². The maximum Gasteiger partial charge on any atom is 0.510 e. The topological polar surface area (TPSA) is 107 Å². The predicted molar refractivity (Wildman–Crippen MR) is 54.4 cm³/mol. The van der Waals surface area contributed by atoms with Crippen LogP contribution in [0.25, 0.3) is 0 Å². The highest BCUT2D eigenvalue weighted by atomic mass is 16.8. The van der Waals surface area contributed by atoms with Crippen LogP contribution in [0.4, 0.5) is 14.4 Å². The highest BCUT2D eigenvalue weighted by molar-refractivity contribution is 5.67. The molecule has 2 heterocycles. The van der Waals surface area contributed by atoms with E-state index in [-0.39, 0.29) is 19.8 Å². The molecule has 2 aliphatic heterocycles. The lowest BCUT2D eigenvalue weighted by Crippen LogP contribution is -2.61. The average Bonchev–Trinajstić information content (AvgIpc) is 2.62. The smallest absolute Gasteiger partial charge is 0.438 e. The Labute approximate surface area is 107 Å². The van der Waals surface area contributed by atoms with Crippen molar-refractivity contribution in [3.8, 4) is 0 Å². The number of hydrogen-bond acceptors (Lipinski definition) is 9. The van der Waals surface area contributed by atoms with E-state index in [9.17, 15) is 14.4 Å². The molecule has 0 aliphatic carbocycles. The Morgan fingerprint density at radius 2 is 1.84 bits per heavy atom. The average molecular weight is 276 g/mol. The number of rotatable bonds is 2. The van der Waals surface area contributed by atoms with Crippen molar-refractivity contribution < 1.29 is 42.8 Å². The van der Waals surface area contributed by atoms with E-state index >= 15 is 0 Å². The van der Waals surface area contributed by atoms with Crippen molar-refractivity contribution in [3.05, 3.63) is 0 Å². The Kier molecular flexibility index (Phi) is 3.13. The van der Waals surface area contributed by atoms with Crippen molar-refractivity contribution >= 4 is 18.5 Å². The van der Waals surface area contributed by atoms with Gasteiger partial charge in [-0.15, -0.1) is 0 Å². The minimum absolute atomic E-state index is 0.251. The standard InChI is InChI=1S/C10H12O9/c1-9(3-15-6(11)14-2)10(19-8(13)18-9)4-16-7(12)17-5-10/h3-5H2,1-2H3. The Morgan fingerprint density at radius 3 is 2.42 bits per heavy atom. The summed E-state index contributed by atoms with van der Waals surface area (Å²) in [6.07, 6.45) is -2.77. The monoisotopic (exact) mass is 276 g/mol. The third-order valence-corrected chi connectivity index (χ3v) is 3.03. The number of carbonyl (C=O) groups excluding carboxylic acids is 3. The van der Waals surface area contributed by atoms with Gasteiger partial charge in [-0.2, -0.15) is 0 Å². The molecule has 0 aromatic carbocycles. The first-order valence-electron chi connectivity index (χ1n) is 5.33. The van der Waals surface area contributed by atoms with Crippen LogP contribution in [0.2, 0.25) is 0 Å². The second-order valence-corrected chi connectivity index (χ2v) is 4.25. The summed E-state index contributed by atoms with van der Waals surface area (Å²) in [6, 6.07) is 0. The molecular formula is C10H12O9. The number of cyclic esters (lactones) is 3. The fraction of sp³-hybridized carbons (Fsp3) is 0.700. The fourth-order valence-corrected chi connectivity index (χ4v) is 1.78. The van der Waals surface area contributed by atoms with Crippen LogP contribution in [0, 0.1) is 0 Å². The van der Waals surface area contributed by atoms with Crippen molar-refractivity contribution in [2.75, 3.05) is 26.9 Å². The van der Waals surface area contributed by atoms with Gasteiger partial charge in [0.05, 0.1) is 7.11 Å². The third-order valence-electron chi connectivity index (χ3n) is 3.03. The summed E-state index contributed by atoms with van der Waals surface area (Å²) in [5, 5.41) is 0. The first-order valence-corrected chi connectivity index (χ1v) is 5.33. The van der Waals surface area contributed by atoms with Gasteiger partial charge in [0.1, 0.15) is 19.8 Å². The van der Waals surface area contributed by atoms with Crippen LogP contribution in [0.3, 0.4) is 0 Å². The zero-order valence-corrected chi connectivity index (χ0v) is 10.3. The summed E-state index contributed by atoms with van der Waals surface area (Å²) in [6.45, 7) is 0.646. The molecule has 9 heteroatoms. The van der Waals surface area contributed by atoms with Gasteiger partial charge in [0.2, 0.25) is 5.60 Å². The Morgan fingerprint density at radius 1 is 1.21 bits per heavy atom. The van der Waals surface area contributed by atoms with Gasteiger partial charge in [-0.05, 0) is 6.92 Å². The summed E-state index contributed by atoms with van der Waals surface area (Å²) < 4.78 is 28.5. The van der Waals surface area contributed by atoms with Crippen LogP contribution >= 0.6 is 0 Å². The highest BCUT2D eigenvalue weighted by Crippen LogP contribution is 2.39. The summed E-state index contributed by atoms with van der Waals surface area (Å²) in [4.78, 5) is 33.2. The molecule has 0 saturated carbocycles. The van der Waals surface area contributed by atoms with Crippen molar-refractivity contribution in [1.29, 1.82) is 0 Å². The number of ether oxygens (including phenoxy) is 6. The fourth-order valence-electron chi connectivity index (χ4n) is 1.78. The zero-order chi connectivity index (χ0) is 14.1. The molecule has 0 amide bonds. The Balaban J connectivity index is 2.13. The first kappa shape index (κ1) is 13.2. The summed E-state index contributed by atoms with van der Waals surface area (Å²) >= 11 is 0. The molecule has 0 aromatic rings. The van der Waals surface area contributed by atoms with E-state index < -0.39 is 29.7 Å². The molecule has 19 heavy (non-hydrogen) atoms. The molecule has 2 fully saturated rings. The summed E-state index contributed by atoms with van der Waals surface area (Å²) in [7, 11) is 1.14. The van der Waals surface area contributed by atoms with Crippen LogP contribution in [0.1, 0.15) is 6.92 Å². The van der Waals surface area contributed by atoms with Gasteiger partial charge in [-0.3, -0.25) is 0 Å². The molecule has 2 aliphatic rings. The largest absolute Gasteiger partial charge is 0.510 e. The van der Waals surface area contributed by atoms with Crippen LogP contribution < -0.4 is 0 Å². The Bertz CT molecular complexity index is 407. The van der Waals surface area contributed by atoms with Crippen LogP contribution in [-0.4, -0.2) is 56.6 Å². The first-order chi connectivity index (χ1) is 8.91.